The Morgan fingerprint density at radius 1 is 1.12 bits per heavy atom. The highest BCUT2D eigenvalue weighted by atomic mass is 19.4. The van der Waals surface area contributed by atoms with Crippen molar-refractivity contribution in [1.29, 1.82) is 0 Å². The molecule has 2 aromatic heterocycles. The van der Waals surface area contributed by atoms with Crippen LogP contribution in [-0.2, 0) is 6.18 Å². The summed E-state index contributed by atoms with van der Waals surface area (Å²) in [4.78, 5) is 26.3. The summed E-state index contributed by atoms with van der Waals surface area (Å²) >= 11 is 0. The van der Waals surface area contributed by atoms with E-state index in [4.69, 9.17) is 0 Å². The van der Waals surface area contributed by atoms with Crippen molar-refractivity contribution in [1.82, 2.24) is 24.4 Å². The first-order valence-electron chi connectivity index (χ1n) is 7.52. The van der Waals surface area contributed by atoms with Crippen LogP contribution in [0.3, 0.4) is 0 Å². The average molecular weight is 339 g/mol. The maximum atomic E-state index is 12.6. The van der Waals surface area contributed by atoms with Crippen molar-refractivity contribution in [3.8, 4) is 5.95 Å². The fraction of sp³-hybridized carbons (Fsp3) is 0.467. The van der Waals surface area contributed by atoms with Gasteiger partial charge in [0, 0.05) is 30.7 Å². The Kier molecular flexibility index (Phi) is 4.35. The average Bonchev–Trinajstić information content (AvgIpc) is 2.55. The number of likely N-dealkylation sites (tertiary alicyclic amines) is 1. The molecule has 1 saturated heterocycles. The molecule has 0 atom stereocenters. The monoisotopic (exact) mass is 339 g/mol. The predicted molar refractivity (Wildman–Crippen MR) is 79.9 cm³/mol. The van der Waals surface area contributed by atoms with Crippen molar-refractivity contribution >= 4 is 0 Å². The highest BCUT2D eigenvalue weighted by molar-refractivity contribution is 5.19. The van der Waals surface area contributed by atoms with Gasteiger partial charge in [0.05, 0.1) is 5.56 Å². The molecule has 2 aromatic rings. The molecule has 6 nitrogen and oxygen atoms in total. The van der Waals surface area contributed by atoms with E-state index in [-0.39, 0.29) is 17.4 Å². The fourth-order valence-corrected chi connectivity index (χ4v) is 2.74. The third-order valence-electron chi connectivity index (χ3n) is 4.15. The summed E-state index contributed by atoms with van der Waals surface area (Å²) in [6.45, 7) is 1.74. The molecule has 1 fully saturated rings. The normalized spacial score (nSPS) is 17.2. The number of rotatable bonds is 2. The lowest BCUT2D eigenvalue weighted by molar-refractivity contribution is -0.138. The minimum absolute atomic E-state index is 0.0376. The zero-order valence-electron chi connectivity index (χ0n) is 13.0. The smallest absolute Gasteiger partial charge is 0.306 e. The topological polar surface area (TPSA) is 63.9 Å². The van der Waals surface area contributed by atoms with E-state index in [0.29, 0.717) is 18.1 Å². The lowest BCUT2D eigenvalue weighted by Gasteiger charge is -2.28. The summed E-state index contributed by atoms with van der Waals surface area (Å²) in [6, 6.07) is 0. The quantitative estimate of drug-likeness (QED) is 0.836. The molecule has 3 heterocycles. The summed E-state index contributed by atoms with van der Waals surface area (Å²) in [5, 5.41) is 0. The second kappa shape index (κ2) is 6.31. The molecule has 0 amide bonds. The number of alkyl halides is 3. The first-order chi connectivity index (χ1) is 11.4. The van der Waals surface area contributed by atoms with Crippen LogP contribution in [0.15, 0.2) is 29.6 Å². The minimum Gasteiger partial charge on any atom is -0.306 e. The highest BCUT2D eigenvalue weighted by Gasteiger charge is 2.31. The molecular weight excluding hydrogens is 323 g/mol. The Bertz CT molecular complexity index is 764. The maximum absolute atomic E-state index is 12.6. The number of hydrogen-bond acceptors (Lipinski definition) is 5. The molecule has 0 radical (unpaired) electrons. The van der Waals surface area contributed by atoms with Crippen LogP contribution in [0.2, 0.25) is 0 Å². The molecule has 0 spiro atoms. The number of aromatic nitrogens is 4. The number of nitrogens with zero attached hydrogens (tertiary/aromatic N) is 5. The van der Waals surface area contributed by atoms with Crippen LogP contribution < -0.4 is 5.56 Å². The van der Waals surface area contributed by atoms with Crippen LogP contribution in [0.25, 0.3) is 5.95 Å². The van der Waals surface area contributed by atoms with Gasteiger partial charge in [0.15, 0.2) is 0 Å². The first-order valence-corrected chi connectivity index (χ1v) is 7.52. The molecule has 24 heavy (non-hydrogen) atoms. The van der Waals surface area contributed by atoms with Crippen molar-refractivity contribution in [2.24, 2.45) is 0 Å². The van der Waals surface area contributed by atoms with E-state index in [1.54, 1.807) is 0 Å². The van der Waals surface area contributed by atoms with E-state index in [9.17, 15) is 18.0 Å². The lowest BCUT2D eigenvalue weighted by atomic mass is 9.94. The van der Waals surface area contributed by atoms with Gasteiger partial charge in [-0.2, -0.15) is 13.2 Å². The number of hydrogen-bond donors (Lipinski definition) is 0. The first kappa shape index (κ1) is 16.6. The van der Waals surface area contributed by atoms with E-state index in [0.717, 1.165) is 30.5 Å². The Balaban J connectivity index is 1.92. The summed E-state index contributed by atoms with van der Waals surface area (Å²) in [6.07, 6.45) is 1.28. The molecule has 0 aromatic carbocycles. The van der Waals surface area contributed by atoms with Gasteiger partial charge < -0.3 is 4.90 Å². The van der Waals surface area contributed by atoms with Gasteiger partial charge in [-0.15, -0.1) is 0 Å². The second-order valence-corrected chi connectivity index (χ2v) is 5.83. The third-order valence-corrected chi connectivity index (χ3v) is 4.15. The van der Waals surface area contributed by atoms with Crippen LogP contribution in [-0.4, -0.2) is 44.6 Å². The zero-order chi connectivity index (χ0) is 17.3. The summed E-state index contributed by atoms with van der Waals surface area (Å²) in [5.74, 6) is -0.0554. The molecule has 1 aliphatic rings. The Hall–Kier alpha value is -2.29. The largest absolute Gasteiger partial charge is 0.419 e. The summed E-state index contributed by atoms with van der Waals surface area (Å²) in [5.41, 5.74) is -0.926. The summed E-state index contributed by atoms with van der Waals surface area (Å²) in [7, 11) is 2.02. The van der Waals surface area contributed by atoms with Gasteiger partial charge in [-0.3, -0.25) is 9.78 Å². The molecule has 0 aliphatic carbocycles. The Labute approximate surface area is 136 Å². The van der Waals surface area contributed by atoms with Crippen molar-refractivity contribution < 1.29 is 13.2 Å². The molecule has 1 aliphatic heterocycles. The molecule has 128 valence electrons. The lowest BCUT2D eigenvalue weighted by Crippen LogP contribution is -2.34. The van der Waals surface area contributed by atoms with Gasteiger partial charge in [-0.25, -0.2) is 14.5 Å². The summed E-state index contributed by atoms with van der Waals surface area (Å²) < 4.78 is 38.9. The van der Waals surface area contributed by atoms with Gasteiger partial charge in [0.1, 0.15) is 5.69 Å². The van der Waals surface area contributed by atoms with Crippen molar-refractivity contribution in [2.45, 2.75) is 24.9 Å². The standard InChI is InChI=1S/C15H16F3N5O/c1-22-5-2-10(3-6-22)12-13(24)23(7-4-19-12)14-20-8-11(9-21-14)15(16,17)18/h4,7-10H,2-3,5-6H2,1H3. The molecule has 0 unspecified atom stereocenters. The van der Waals surface area contributed by atoms with Gasteiger partial charge in [-0.1, -0.05) is 0 Å². The van der Waals surface area contributed by atoms with Crippen LogP contribution in [0, 0.1) is 0 Å². The molecule has 9 heteroatoms. The van der Waals surface area contributed by atoms with Crippen LogP contribution in [0.1, 0.15) is 30.0 Å². The van der Waals surface area contributed by atoms with E-state index in [1.807, 2.05) is 7.05 Å². The number of piperidine rings is 1. The van der Waals surface area contributed by atoms with E-state index < -0.39 is 11.7 Å². The van der Waals surface area contributed by atoms with E-state index in [2.05, 4.69) is 19.9 Å². The minimum atomic E-state index is -4.51. The van der Waals surface area contributed by atoms with Crippen molar-refractivity contribution in [2.75, 3.05) is 20.1 Å². The van der Waals surface area contributed by atoms with Crippen LogP contribution >= 0.6 is 0 Å². The Morgan fingerprint density at radius 3 is 2.33 bits per heavy atom. The fourth-order valence-electron chi connectivity index (χ4n) is 2.74. The molecular formula is C15H16F3N5O. The van der Waals surface area contributed by atoms with Gasteiger partial charge in [-0.05, 0) is 33.0 Å². The van der Waals surface area contributed by atoms with Crippen LogP contribution in [0.5, 0.6) is 0 Å². The van der Waals surface area contributed by atoms with E-state index >= 15 is 0 Å². The number of halogens is 3. The third kappa shape index (κ3) is 3.30. The molecule has 0 bridgehead atoms. The van der Waals surface area contributed by atoms with Crippen LogP contribution in [0.4, 0.5) is 13.2 Å². The predicted octanol–water partition coefficient (Wildman–Crippen LogP) is 1.85. The maximum Gasteiger partial charge on any atom is 0.419 e. The Morgan fingerprint density at radius 2 is 1.75 bits per heavy atom. The second-order valence-electron chi connectivity index (χ2n) is 5.83. The van der Waals surface area contributed by atoms with Gasteiger partial charge >= 0.3 is 6.18 Å². The molecule has 3 rings (SSSR count). The highest BCUT2D eigenvalue weighted by Crippen LogP contribution is 2.28. The van der Waals surface area contributed by atoms with Gasteiger partial charge in [0.2, 0.25) is 5.95 Å². The molecule has 0 N–H and O–H groups in total. The van der Waals surface area contributed by atoms with Gasteiger partial charge in [0.25, 0.3) is 5.56 Å². The molecule has 0 saturated carbocycles. The zero-order valence-corrected chi connectivity index (χ0v) is 13.0. The van der Waals surface area contributed by atoms with Crippen molar-refractivity contribution in [3.63, 3.8) is 0 Å². The van der Waals surface area contributed by atoms with Crippen molar-refractivity contribution in [3.05, 3.63) is 46.4 Å². The SMILES string of the molecule is CN1CCC(c2nccn(-c3ncc(C(F)(F)F)cn3)c2=O)CC1. The van der Waals surface area contributed by atoms with E-state index in [1.165, 1.54) is 12.4 Å².